The summed E-state index contributed by atoms with van der Waals surface area (Å²) in [5.74, 6) is -18.2. The Labute approximate surface area is 719 Å². The minimum Gasteiger partial charge on any atom is -0.508 e. The number of amides is 16. The van der Waals surface area contributed by atoms with Gasteiger partial charge in [-0.05, 0) is 143 Å². The Morgan fingerprint density at radius 3 is 1.24 bits per heavy atom. The average molecular weight is 1740 g/mol. The van der Waals surface area contributed by atoms with Crippen LogP contribution in [0.5, 0.6) is 11.5 Å². The summed E-state index contributed by atoms with van der Waals surface area (Å²) >= 11 is 0. The molecule has 32 N–H and O–H groups in total. The standard InChI is InChI=1S/C80H127N25O19/c1-40(2)31-55(98-70(117)58(35-47-17-21-50(109)22-18-47)100-71(118)59(36-48-38-89-39-92-48)102-77(124)80(25-29-88-30-26-80)105-74(121)57(33-42(5)6)93-45(10)107)69(116)101-60(37-62(82)111)72(119)99-56(32-41(3)4)73(120)103-63(43(7)8)75(122)104-64(44(9)106)76(123)96-52(14-12-28-91-79(86)87)66(113)95-53(23-24-61(81)110)68(115)94-51(13-11-27-90-78(84)85)67(114)97-54(65(83)112)34-46-15-19-49(108)20-16-46/h15-22,38-44,51-60,63-64,88,106,108-109H,11-14,23-37H2,1-10H3,(H2,81,110)(H2,82,111)(H2,83,112)(H,89,92)(H,93,107)(H,94,115)(H,95,113)(H,96,123)(H,97,114)(H,98,117)(H,99,119)(H,100,118)(H,101,116)(H,102,124)(H,103,120)(H,104,122)(H,105,121)(H4,84,85,90)(H4,86,87,91)/t44-,51+,52+,53+,54+,55+,56+,57+,58+,59+,60+,63+,64+/m1/s1. The number of aliphatic hydroxyl groups is 1. The van der Waals surface area contributed by atoms with Gasteiger partial charge in [-0.25, -0.2) is 4.98 Å². The van der Waals surface area contributed by atoms with Crippen LogP contribution in [-0.4, -0.2) is 242 Å². The van der Waals surface area contributed by atoms with E-state index in [0.717, 1.165) is 6.92 Å². The van der Waals surface area contributed by atoms with Gasteiger partial charge in [0.2, 0.25) is 94.5 Å². The van der Waals surface area contributed by atoms with E-state index in [1.165, 1.54) is 81.8 Å². The maximum atomic E-state index is 15.0. The number of nitrogens with two attached hydrogens (primary N) is 5. The molecule has 1 aliphatic heterocycles. The summed E-state index contributed by atoms with van der Waals surface area (Å²) in [7, 11) is 0. The van der Waals surface area contributed by atoms with Crippen LogP contribution in [0.25, 0.3) is 0 Å². The van der Waals surface area contributed by atoms with Gasteiger partial charge in [0.05, 0.1) is 18.9 Å². The van der Waals surface area contributed by atoms with Crippen LogP contribution in [0.2, 0.25) is 0 Å². The zero-order valence-electron chi connectivity index (χ0n) is 71.7. The van der Waals surface area contributed by atoms with E-state index >= 15 is 0 Å². The SMILES string of the molecule is CC(=O)N[C@@H](CC(C)C)C(=O)NC1(C(=O)N[C@@H](Cc2cnc[nH]2)C(=O)N[C@@H](Cc2ccc(O)cc2)C(=O)N[C@@H](CC(C)C)C(=O)N[C@@H](CC(N)=O)C(=O)N[C@@H](CC(C)C)C(=O)N[C@H](C(=O)N[C@H](C(=O)N[C@@H](CCCNC(=N)N)C(=O)N[C@@H](CCC(N)=O)C(=O)N[C@@H](CCCNC(=N)N)C(=O)N[C@@H](Cc2ccc(O)cc2)C(N)=O)[C@@H](C)O)C(C)C)CCNCC1. The quantitative estimate of drug-likeness (QED) is 0.0142. The lowest BCUT2D eigenvalue weighted by molar-refractivity contribution is -0.139. The number of carbonyl (C=O) groups excluding carboxylic acids is 16. The highest BCUT2D eigenvalue weighted by molar-refractivity contribution is 6.02. The lowest BCUT2D eigenvalue weighted by Crippen LogP contribution is -2.67. The zero-order valence-corrected chi connectivity index (χ0v) is 71.7. The Kier molecular flexibility index (Phi) is 42.8. The summed E-state index contributed by atoms with van der Waals surface area (Å²) in [5, 5.41) is 88.4. The number of hydrogen-bond donors (Lipinski definition) is 27. The number of aliphatic hydroxyl groups excluding tert-OH is 1. The number of rotatable bonds is 53. The number of phenols is 2. The van der Waals surface area contributed by atoms with Gasteiger partial charge in [0, 0.05) is 57.6 Å². The van der Waals surface area contributed by atoms with Crippen LogP contribution in [0.1, 0.15) is 163 Å². The van der Waals surface area contributed by atoms with Crippen molar-refractivity contribution < 1.29 is 92.0 Å². The van der Waals surface area contributed by atoms with Crippen LogP contribution >= 0.6 is 0 Å². The Morgan fingerprint density at radius 2 is 0.823 bits per heavy atom. The smallest absolute Gasteiger partial charge is 0.246 e. The number of primary amides is 3. The highest BCUT2D eigenvalue weighted by Crippen LogP contribution is 2.23. The van der Waals surface area contributed by atoms with Crippen molar-refractivity contribution in [3.63, 3.8) is 0 Å². The van der Waals surface area contributed by atoms with E-state index in [2.05, 4.69) is 95.0 Å². The molecule has 4 rings (SSSR count). The number of aromatic nitrogens is 2. The molecule has 2 heterocycles. The molecule has 0 saturated carbocycles. The maximum Gasteiger partial charge on any atom is 0.246 e. The third kappa shape index (κ3) is 36.9. The molecule has 0 spiro atoms. The number of carbonyl (C=O) groups is 16. The van der Waals surface area contributed by atoms with E-state index in [1.54, 1.807) is 27.7 Å². The van der Waals surface area contributed by atoms with Gasteiger partial charge < -0.3 is 134 Å². The first kappa shape index (κ1) is 104. The van der Waals surface area contributed by atoms with Crippen LogP contribution < -0.4 is 114 Å². The zero-order chi connectivity index (χ0) is 92.8. The molecule has 1 saturated heterocycles. The van der Waals surface area contributed by atoms with E-state index in [4.69, 9.17) is 39.5 Å². The van der Waals surface area contributed by atoms with Gasteiger partial charge in [-0.3, -0.25) is 87.5 Å². The Balaban J connectivity index is 1.62. The molecule has 0 bridgehead atoms. The van der Waals surface area contributed by atoms with Gasteiger partial charge in [-0.1, -0.05) is 79.7 Å². The summed E-state index contributed by atoms with van der Waals surface area (Å²) in [6, 6.07) is -7.55. The second kappa shape index (κ2) is 51.2. The van der Waals surface area contributed by atoms with E-state index < -0.39 is 228 Å². The molecule has 13 atom stereocenters. The molecular weight excluding hydrogens is 1620 g/mol. The molecule has 686 valence electrons. The monoisotopic (exact) mass is 1740 g/mol. The normalized spacial score (nSPS) is 15.5. The molecule has 44 nitrogen and oxygen atoms in total. The van der Waals surface area contributed by atoms with E-state index in [0.29, 0.717) is 16.8 Å². The highest BCUT2D eigenvalue weighted by Gasteiger charge is 2.45. The molecule has 3 aromatic rings. The van der Waals surface area contributed by atoms with Crippen molar-refractivity contribution >= 4 is 106 Å². The highest BCUT2D eigenvalue weighted by atomic mass is 16.3. The van der Waals surface area contributed by atoms with E-state index in [1.807, 2.05) is 13.8 Å². The molecule has 1 aliphatic rings. The third-order valence-electron chi connectivity index (χ3n) is 19.9. The first-order valence-corrected chi connectivity index (χ1v) is 41.1. The number of nitrogens with zero attached hydrogens (tertiary/aromatic N) is 1. The van der Waals surface area contributed by atoms with Crippen LogP contribution in [0.3, 0.4) is 0 Å². The van der Waals surface area contributed by atoms with Gasteiger partial charge in [0.25, 0.3) is 0 Å². The number of imidazole rings is 1. The summed E-state index contributed by atoms with van der Waals surface area (Å²) in [5.41, 5.74) is 27.5. The second-order valence-electron chi connectivity index (χ2n) is 32.5. The lowest BCUT2D eigenvalue weighted by atomic mass is 9.86. The largest absolute Gasteiger partial charge is 0.508 e. The van der Waals surface area contributed by atoms with Gasteiger partial charge in [-0.15, -0.1) is 0 Å². The van der Waals surface area contributed by atoms with Crippen molar-refractivity contribution in [1.29, 1.82) is 10.8 Å². The van der Waals surface area contributed by atoms with Gasteiger partial charge in [0.15, 0.2) is 11.9 Å². The number of hydrogen-bond acceptors (Lipinski definition) is 23. The first-order valence-electron chi connectivity index (χ1n) is 41.1. The van der Waals surface area contributed by atoms with E-state index in [-0.39, 0.29) is 121 Å². The van der Waals surface area contributed by atoms with Crippen molar-refractivity contribution in [2.45, 2.75) is 250 Å². The van der Waals surface area contributed by atoms with Gasteiger partial charge in [0.1, 0.15) is 89.5 Å². The predicted molar refractivity (Wildman–Crippen MR) is 452 cm³/mol. The van der Waals surface area contributed by atoms with Gasteiger partial charge in [-0.2, -0.15) is 0 Å². The topological polar surface area (TPSA) is 733 Å². The summed E-state index contributed by atoms with van der Waals surface area (Å²) in [6.45, 7) is 16.4. The first-order chi connectivity index (χ1) is 58.3. The summed E-state index contributed by atoms with van der Waals surface area (Å²) in [6.07, 6.45) is -1.99. The van der Waals surface area contributed by atoms with Crippen LogP contribution in [0.15, 0.2) is 61.1 Å². The molecular formula is C80H127N25O19. The lowest BCUT2D eigenvalue weighted by Gasteiger charge is -2.39. The molecule has 0 unspecified atom stereocenters. The van der Waals surface area contributed by atoms with Crippen LogP contribution in [0.4, 0.5) is 0 Å². The molecule has 0 radical (unpaired) electrons. The van der Waals surface area contributed by atoms with Crippen LogP contribution in [-0.2, 0) is 96.0 Å². The van der Waals surface area contributed by atoms with Crippen molar-refractivity contribution in [1.82, 2.24) is 95.0 Å². The molecule has 0 aliphatic carbocycles. The number of guanidine groups is 2. The Bertz CT molecular complexity index is 4140. The molecule has 16 amide bonds. The fraction of sp³-hybridized carbons (Fsp3) is 0.588. The number of piperidine rings is 1. The van der Waals surface area contributed by atoms with Crippen molar-refractivity contribution in [2.24, 2.45) is 52.3 Å². The molecule has 2 aromatic carbocycles. The molecule has 1 aromatic heterocycles. The van der Waals surface area contributed by atoms with E-state index in [9.17, 15) is 92.0 Å². The minimum absolute atomic E-state index is 0.0203. The Morgan fingerprint density at radius 1 is 0.444 bits per heavy atom. The molecule has 124 heavy (non-hydrogen) atoms. The van der Waals surface area contributed by atoms with Gasteiger partial charge >= 0.3 is 0 Å². The number of benzene rings is 2. The fourth-order valence-electron chi connectivity index (χ4n) is 13.4. The summed E-state index contributed by atoms with van der Waals surface area (Å²) in [4.78, 5) is 232. The Hall–Kier alpha value is -12.8. The molecule has 44 heteroatoms. The third-order valence-corrected chi connectivity index (χ3v) is 19.9. The minimum atomic E-state index is -1.93. The molecule has 1 fully saturated rings. The van der Waals surface area contributed by atoms with Crippen molar-refractivity contribution in [3.05, 3.63) is 77.9 Å². The number of aromatic hydroxyl groups is 2. The number of H-pyrrole nitrogens is 1. The fourth-order valence-corrected chi connectivity index (χ4v) is 13.4. The average Bonchev–Trinajstić information content (AvgIpc) is 0.898. The van der Waals surface area contributed by atoms with Crippen LogP contribution in [0, 0.1) is 34.5 Å². The maximum absolute atomic E-state index is 15.0. The summed E-state index contributed by atoms with van der Waals surface area (Å²) < 4.78 is 0. The van der Waals surface area contributed by atoms with Crippen molar-refractivity contribution in [2.75, 3.05) is 26.2 Å². The number of phenolic OH excluding ortho intramolecular Hbond substituents is 2. The second-order valence-corrected chi connectivity index (χ2v) is 32.5. The number of aromatic amines is 1. The predicted octanol–water partition coefficient (Wildman–Crippen LogP) is -5.75. The van der Waals surface area contributed by atoms with Crippen molar-refractivity contribution in [3.8, 4) is 11.5 Å². The number of nitrogens with one attached hydrogen (secondary N) is 19.